The number of carbonyl (C=O) groups excluding carboxylic acids is 1. The highest BCUT2D eigenvalue weighted by Crippen LogP contribution is 2.30. The average Bonchev–Trinajstić information content (AvgIpc) is 2.95. The summed E-state index contributed by atoms with van der Waals surface area (Å²) in [5.74, 6) is 0.392. The van der Waals surface area contributed by atoms with Gasteiger partial charge in [-0.25, -0.2) is 0 Å². The molecule has 24 heavy (non-hydrogen) atoms. The van der Waals surface area contributed by atoms with Crippen LogP contribution in [-0.4, -0.2) is 23.2 Å². The minimum absolute atomic E-state index is 0.235. The maximum absolute atomic E-state index is 12.5. The van der Waals surface area contributed by atoms with Gasteiger partial charge in [-0.3, -0.25) is 9.89 Å². The number of amides is 1. The van der Waals surface area contributed by atoms with Crippen LogP contribution >= 0.6 is 11.6 Å². The van der Waals surface area contributed by atoms with E-state index in [2.05, 4.69) is 15.5 Å². The summed E-state index contributed by atoms with van der Waals surface area (Å²) in [6.07, 6.45) is 0. The van der Waals surface area contributed by atoms with Gasteiger partial charge in [-0.1, -0.05) is 29.8 Å². The van der Waals surface area contributed by atoms with Gasteiger partial charge in [-0.15, -0.1) is 0 Å². The first kappa shape index (κ1) is 16.1. The topological polar surface area (TPSA) is 67.0 Å². The maximum Gasteiger partial charge on any atom is 0.255 e. The summed E-state index contributed by atoms with van der Waals surface area (Å²) in [6, 6.07) is 14.3. The maximum atomic E-state index is 12.5. The molecule has 0 bridgehead atoms. The second kappa shape index (κ2) is 6.76. The lowest BCUT2D eigenvalue weighted by molar-refractivity contribution is 0.102. The number of aromatic amines is 1. The second-order valence-corrected chi connectivity index (χ2v) is 5.71. The quantitative estimate of drug-likeness (QED) is 0.743. The summed E-state index contributed by atoms with van der Waals surface area (Å²) in [7, 11) is 1.56. The Labute approximate surface area is 144 Å². The van der Waals surface area contributed by atoms with Gasteiger partial charge in [0.2, 0.25) is 0 Å². The Hall–Kier alpha value is -2.79. The third-order valence-electron chi connectivity index (χ3n) is 3.62. The lowest BCUT2D eigenvalue weighted by Crippen LogP contribution is -2.13. The van der Waals surface area contributed by atoms with Crippen LogP contribution in [0.1, 0.15) is 16.1 Å². The van der Waals surface area contributed by atoms with Gasteiger partial charge in [-0.2, -0.15) is 5.10 Å². The normalized spacial score (nSPS) is 10.5. The van der Waals surface area contributed by atoms with Crippen LogP contribution in [0, 0.1) is 6.92 Å². The number of aryl methyl sites for hydroxylation is 1. The summed E-state index contributed by atoms with van der Waals surface area (Å²) < 4.78 is 5.16. The average molecular weight is 342 g/mol. The van der Waals surface area contributed by atoms with Gasteiger partial charge < -0.3 is 10.1 Å². The number of H-pyrrole nitrogens is 1. The molecule has 122 valence electrons. The van der Waals surface area contributed by atoms with Crippen molar-refractivity contribution in [1.29, 1.82) is 0 Å². The van der Waals surface area contributed by atoms with Gasteiger partial charge >= 0.3 is 0 Å². The number of hydrogen-bond donors (Lipinski definition) is 2. The fraction of sp³-hybridized carbons (Fsp3) is 0.111. The van der Waals surface area contributed by atoms with Gasteiger partial charge in [0, 0.05) is 16.1 Å². The minimum Gasteiger partial charge on any atom is -0.497 e. The number of methoxy groups -OCH3 is 1. The van der Waals surface area contributed by atoms with Crippen LogP contribution < -0.4 is 10.1 Å². The SMILES string of the molecule is COc1cccc(C(=O)Nc2c(-c3cccc(Cl)c3)n[nH]c2C)c1. The molecule has 0 aliphatic heterocycles. The molecule has 1 heterocycles. The first-order valence-electron chi connectivity index (χ1n) is 7.35. The van der Waals surface area contributed by atoms with Crippen LogP contribution in [0.15, 0.2) is 48.5 Å². The zero-order chi connectivity index (χ0) is 17.1. The second-order valence-electron chi connectivity index (χ2n) is 5.27. The fourth-order valence-electron chi connectivity index (χ4n) is 2.38. The predicted molar refractivity (Wildman–Crippen MR) is 94.7 cm³/mol. The number of aromatic nitrogens is 2. The number of benzene rings is 2. The summed E-state index contributed by atoms with van der Waals surface area (Å²) >= 11 is 6.05. The van der Waals surface area contributed by atoms with Crippen LogP contribution in [0.25, 0.3) is 11.3 Å². The van der Waals surface area contributed by atoms with E-state index >= 15 is 0 Å². The van der Waals surface area contributed by atoms with Gasteiger partial charge in [0.15, 0.2) is 0 Å². The molecule has 0 unspecified atom stereocenters. The Morgan fingerprint density at radius 1 is 1.21 bits per heavy atom. The first-order valence-corrected chi connectivity index (χ1v) is 7.72. The molecule has 0 aliphatic rings. The van der Waals surface area contributed by atoms with E-state index in [1.165, 1.54) is 0 Å². The molecule has 2 N–H and O–H groups in total. The van der Waals surface area contributed by atoms with Crippen molar-refractivity contribution in [2.24, 2.45) is 0 Å². The molecular weight excluding hydrogens is 326 g/mol. The highest BCUT2D eigenvalue weighted by molar-refractivity contribution is 6.30. The zero-order valence-corrected chi connectivity index (χ0v) is 14.0. The molecule has 0 atom stereocenters. The van der Waals surface area contributed by atoms with Crippen molar-refractivity contribution in [2.45, 2.75) is 6.92 Å². The molecule has 0 saturated carbocycles. The van der Waals surface area contributed by atoms with Gasteiger partial charge in [0.1, 0.15) is 11.4 Å². The van der Waals surface area contributed by atoms with Crippen LogP contribution in [0.4, 0.5) is 5.69 Å². The van der Waals surface area contributed by atoms with Gasteiger partial charge in [0.25, 0.3) is 5.91 Å². The minimum atomic E-state index is -0.235. The number of rotatable bonds is 4. The molecule has 0 fully saturated rings. The molecule has 0 saturated heterocycles. The van der Waals surface area contributed by atoms with E-state index in [1.54, 1.807) is 43.5 Å². The summed E-state index contributed by atoms with van der Waals surface area (Å²) in [4.78, 5) is 12.5. The molecule has 1 aromatic heterocycles. The van der Waals surface area contributed by atoms with E-state index in [0.29, 0.717) is 27.7 Å². The fourth-order valence-corrected chi connectivity index (χ4v) is 2.57. The Kier molecular flexibility index (Phi) is 4.53. The van der Waals surface area contributed by atoms with Crippen molar-refractivity contribution in [3.05, 3.63) is 64.8 Å². The third kappa shape index (κ3) is 3.26. The van der Waals surface area contributed by atoms with Crippen molar-refractivity contribution in [3.8, 4) is 17.0 Å². The molecule has 0 radical (unpaired) electrons. The number of ether oxygens (including phenoxy) is 1. The van der Waals surface area contributed by atoms with Gasteiger partial charge in [-0.05, 0) is 37.3 Å². The third-order valence-corrected chi connectivity index (χ3v) is 3.85. The summed E-state index contributed by atoms with van der Waals surface area (Å²) in [5.41, 5.74) is 3.37. The predicted octanol–water partition coefficient (Wildman–Crippen LogP) is 4.30. The molecular formula is C18H16ClN3O2. The number of halogens is 1. The molecule has 3 rings (SSSR count). The largest absolute Gasteiger partial charge is 0.497 e. The Morgan fingerprint density at radius 3 is 2.75 bits per heavy atom. The van der Waals surface area contributed by atoms with Crippen LogP contribution in [0.3, 0.4) is 0 Å². The Morgan fingerprint density at radius 2 is 2.00 bits per heavy atom. The Bertz CT molecular complexity index is 889. The number of nitrogens with one attached hydrogen (secondary N) is 2. The van der Waals surface area contributed by atoms with Crippen LogP contribution in [0.2, 0.25) is 5.02 Å². The van der Waals surface area contributed by atoms with Crippen molar-refractivity contribution in [3.63, 3.8) is 0 Å². The Balaban J connectivity index is 1.93. The lowest BCUT2D eigenvalue weighted by Gasteiger charge is -2.08. The molecule has 0 aliphatic carbocycles. The molecule has 1 amide bonds. The zero-order valence-electron chi connectivity index (χ0n) is 13.3. The standard InChI is InChI=1S/C18H16ClN3O2/c1-11-16(17(22-21-11)12-5-3-7-14(19)9-12)20-18(23)13-6-4-8-15(10-13)24-2/h3-10H,1-2H3,(H,20,23)(H,21,22). The number of hydrogen-bond acceptors (Lipinski definition) is 3. The molecule has 6 heteroatoms. The monoisotopic (exact) mass is 341 g/mol. The first-order chi connectivity index (χ1) is 11.6. The van der Waals surface area contributed by atoms with E-state index in [4.69, 9.17) is 16.3 Å². The number of anilines is 1. The number of carbonyl (C=O) groups is 1. The molecule has 3 aromatic rings. The van der Waals surface area contributed by atoms with Crippen LogP contribution in [-0.2, 0) is 0 Å². The van der Waals surface area contributed by atoms with E-state index in [-0.39, 0.29) is 5.91 Å². The lowest BCUT2D eigenvalue weighted by atomic mass is 10.1. The smallest absolute Gasteiger partial charge is 0.255 e. The van der Waals surface area contributed by atoms with Crippen molar-refractivity contribution in [1.82, 2.24) is 10.2 Å². The van der Waals surface area contributed by atoms with Crippen molar-refractivity contribution < 1.29 is 9.53 Å². The number of nitrogens with zero attached hydrogens (tertiary/aromatic N) is 1. The van der Waals surface area contributed by atoms with Crippen molar-refractivity contribution >= 4 is 23.2 Å². The van der Waals surface area contributed by atoms with E-state index < -0.39 is 0 Å². The van der Waals surface area contributed by atoms with Crippen molar-refractivity contribution in [2.75, 3.05) is 12.4 Å². The highest BCUT2D eigenvalue weighted by Gasteiger charge is 2.16. The van der Waals surface area contributed by atoms with E-state index in [0.717, 1.165) is 11.3 Å². The molecule has 2 aromatic carbocycles. The van der Waals surface area contributed by atoms with E-state index in [1.807, 2.05) is 19.1 Å². The van der Waals surface area contributed by atoms with Crippen LogP contribution in [0.5, 0.6) is 5.75 Å². The summed E-state index contributed by atoms with van der Waals surface area (Å²) in [6.45, 7) is 1.85. The molecule has 5 nitrogen and oxygen atoms in total. The summed E-state index contributed by atoms with van der Waals surface area (Å²) in [5, 5.41) is 10.7. The highest BCUT2D eigenvalue weighted by atomic mass is 35.5. The van der Waals surface area contributed by atoms with Gasteiger partial charge in [0.05, 0.1) is 18.5 Å². The molecule has 0 spiro atoms. The van der Waals surface area contributed by atoms with E-state index in [9.17, 15) is 4.79 Å².